The van der Waals surface area contributed by atoms with Gasteiger partial charge in [0.15, 0.2) is 0 Å². The van der Waals surface area contributed by atoms with Gasteiger partial charge in [-0.1, -0.05) is 39.7 Å². The molecule has 0 fully saturated rings. The lowest BCUT2D eigenvalue weighted by Gasteiger charge is -2.21. The molecule has 0 heterocycles. The van der Waals surface area contributed by atoms with Crippen molar-refractivity contribution in [2.45, 2.75) is 13.0 Å². The molecule has 20 heavy (non-hydrogen) atoms. The summed E-state index contributed by atoms with van der Waals surface area (Å²) in [5.41, 5.74) is 2.64. The Labute approximate surface area is 139 Å². The molecule has 1 atom stereocenters. The molecular weight excluding hydrogens is 408 g/mol. The fourth-order valence-electron chi connectivity index (χ4n) is 2.21. The van der Waals surface area contributed by atoms with E-state index in [-0.39, 0.29) is 11.1 Å². The smallest absolute Gasteiger partial charge is 0.148 e. The first kappa shape index (κ1) is 16.0. The summed E-state index contributed by atoms with van der Waals surface area (Å²) < 4.78 is 15.9. The van der Waals surface area contributed by atoms with E-state index in [9.17, 15) is 4.39 Å². The maximum Gasteiger partial charge on any atom is 0.148 e. The number of halogens is 4. The summed E-state index contributed by atoms with van der Waals surface area (Å²) in [5.74, 6) is -0.400. The van der Waals surface area contributed by atoms with Gasteiger partial charge in [0, 0.05) is 14.5 Å². The zero-order chi connectivity index (χ0) is 14.9. The minimum atomic E-state index is -0.400. The van der Waals surface area contributed by atoms with E-state index in [2.05, 4.69) is 37.2 Å². The predicted molar refractivity (Wildman–Crippen MR) is 88.9 cm³/mol. The quantitative estimate of drug-likeness (QED) is 0.634. The molecule has 0 spiro atoms. The van der Waals surface area contributed by atoms with E-state index in [4.69, 9.17) is 11.6 Å². The molecule has 0 saturated heterocycles. The second-order valence-corrected chi connectivity index (χ2v) is 6.64. The SMILES string of the molecule is CNC(c1ccc(Br)cc1C)c1ccc(Br)c(Cl)c1F. The van der Waals surface area contributed by atoms with Crippen molar-refractivity contribution >= 4 is 43.5 Å². The van der Waals surface area contributed by atoms with Crippen LogP contribution in [0, 0.1) is 12.7 Å². The van der Waals surface area contributed by atoms with Crippen LogP contribution in [-0.4, -0.2) is 7.05 Å². The summed E-state index contributed by atoms with van der Waals surface area (Å²) >= 11 is 12.6. The first-order valence-corrected chi connectivity index (χ1v) is 7.98. The maximum atomic E-state index is 14.4. The summed E-state index contributed by atoms with van der Waals surface area (Å²) in [5, 5.41) is 3.26. The summed E-state index contributed by atoms with van der Waals surface area (Å²) in [6.45, 7) is 2.00. The van der Waals surface area contributed by atoms with Gasteiger partial charge in [0.1, 0.15) is 5.82 Å². The van der Waals surface area contributed by atoms with E-state index in [1.54, 1.807) is 12.1 Å². The highest BCUT2D eigenvalue weighted by Gasteiger charge is 2.20. The normalized spacial score (nSPS) is 12.5. The largest absolute Gasteiger partial charge is 0.309 e. The first-order chi connectivity index (χ1) is 9.45. The van der Waals surface area contributed by atoms with Gasteiger partial charge in [-0.15, -0.1) is 0 Å². The van der Waals surface area contributed by atoms with Crippen LogP contribution in [0.2, 0.25) is 5.02 Å². The van der Waals surface area contributed by atoms with Crippen LogP contribution in [0.5, 0.6) is 0 Å². The first-order valence-electron chi connectivity index (χ1n) is 6.02. The Balaban J connectivity index is 2.55. The van der Waals surface area contributed by atoms with Gasteiger partial charge in [-0.3, -0.25) is 0 Å². The molecule has 1 nitrogen and oxygen atoms in total. The predicted octanol–water partition coefficient (Wildman–Crippen LogP) is 5.62. The van der Waals surface area contributed by atoms with Crippen molar-refractivity contribution in [1.82, 2.24) is 5.32 Å². The lowest BCUT2D eigenvalue weighted by molar-refractivity contribution is 0.575. The maximum absolute atomic E-state index is 14.4. The van der Waals surface area contributed by atoms with Crippen molar-refractivity contribution < 1.29 is 4.39 Å². The second kappa shape index (κ2) is 6.56. The number of hydrogen-bond acceptors (Lipinski definition) is 1. The standard InChI is InChI=1S/C15H13Br2ClFN/c1-8-7-9(16)3-4-10(8)15(20-2)11-5-6-12(17)13(18)14(11)19/h3-7,15,20H,1-2H3. The minimum Gasteiger partial charge on any atom is -0.309 e. The molecule has 2 aromatic rings. The molecule has 106 valence electrons. The number of aryl methyl sites for hydroxylation is 1. The summed E-state index contributed by atoms with van der Waals surface area (Å²) in [4.78, 5) is 0. The Morgan fingerprint density at radius 2 is 1.80 bits per heavy atom. The van der Waals surface area contributed by atoms with Gasteiger partial charge in [0.05, 0.1) is 11.1 Å². The molecule has 0 amide bonds. The molecule has 0 saturated carbocycles. The lowest BCUT2D eigenvalue weighted by atomic mass is 9.95. The van der Waals surface area contributed by atoms with Gasteiger partial charge < -0.3 is 5.32 Å². The highest BCUT2D eigenvalue weighted by Crippen LogP contribution is 2.34. The molecule has 0 radical (unpaired) electrons. The molecule has 0 aliphatic carbocycles. The average Bonchev–Trinajstić information content (AvgIpc) is 2.41. The monoisotopic (exact) mass is 419 g/mol. The molecule has 1 N–H and O–H groups in total. The zero-order valence-corrected chi connectivity index (χ0v) is 14.9. The topological polar surface area (TPSA) is 12.0 Å². The van der Waals surface area contributed by atoms with E-state index in [1.165, 1.54) is 0 Å². The molecule has 5 heteroatoms. The van der Waals surface area contributed by atoms with Crippen LogP contribution in [0.4, 0.5) is 4.39 Å². The number of nitrogens with one attached hydrogen (secondary N) is 1. The Hall–Kier alpha value is -0.420. The van der Waals surface area contributed by atoms with Crippen molar-refractivity contribution in [3.63, 3.8) is 0 Å². The lowest BCUT2D eigenvalue weighted by Crippen LogP contribution is -2.20. The summed E-state index contributed by atoms with van der Waals surface area (Å²) in [6, 6.07) is 9.21. The Kier molecular flexibility index (Phi) is 5.24. The zero-order valence-electron chi connectivity index (χ0n) is 11.0. The highest BCUT2D eigenvalue weighted by atomic mass is 79.9. The highest BCUT2D eigenvalue weighted by molar-refractivity contribution is 9.10. The average molecular weight is 422 g/mol. The van der Waals surface area contributed by atoms with Gasteiger partial charge in [-0.2, -0.15) is 0 Å². The van der Waals surface area contributed by atoms with Crippen molar-refractivity contribution in [3.8, 4) is 0 Å². The van der Waals surface area contributed by atoms with Crippen molar-refractivity contribution in [1.29, 1.82) is 0 Å². The van der Waals surface area contributed by atoms with E-state index in [0.29, 0.717) is 10.0 Å². The molecule has 2 rings (SSSR count). The third-order valence-electron chi connectivity index (χ3n) is 3.21. The Morgan fingerprint density at radius 3 is 2.40 bits per heavy atom. The summed E-state index contributed by atoms with van der Waals surface area (Å²) in [7, 11) is 1.81. The third kappa shape index (κ3) is 3.08. The molecule has 0 aliphatic heterocycles. The molecule has 0 bridgehead atoms. The van der Waals surface area contributed by atoms with Crippen molar-refractivity contribution in [2.24, 2.45) is 0 Å². The third-order valence-corrected chi connectivity index (χ3v) is 4.96. The van der Waals surface area contributed by atoms with Gasteiger partial charge >= 0.3 is 0 Å². The molecule has 2 aromatic carbocycles. The van der Waals surface area contributed by atoms with Crippen LogP contribution < -0.4 is 5.32 Å². The fourth-order valence-corrected chi connectivity index (χ4v) is 3.16. The van der Waals surface area contributed by atoms with E-state index >= 15 is 0 Å². The van der Waals surface area contributed by atoms with Crippen LogP contribution in [0.25, 0.3) is 0 Å². The fraction of sp³-hybridized carbons (Fsp3) is 0.200. The van der Waals surface area contributed by atoms with Crippen LogP contribution in [0.15, 0.2) is 39.3 Å². The van der Waals surface area contributed by atoms with E-state index in [0.717, 1.165) is 15.6 Å². The van der Waals surface area contributed by atoms with Gasteiger partial charge in [-0.05, 0) is 59.2 Å². The van der Waals surface area contributed by atoms with Gasteiger partial charge in [0.2, 0.25) is 0 Å². The summed E-state index contributed by atoms with van der Waals surface area (Å²) in [6.07, 6.45) is 0. The Morgan fingerprint density at radius 1 is 1.15 bits per heavy atom. The number of benzene rings is 2. The van der Waals surface area contributed by atoms with Crippen molar-refractivity contribution in [3.05, 3.63) is 66.8 Å². The van der Waals surface area contributed by atoms with E-state index in [1.807, 2.05) is 32.2 Å². The Bertz CT molecular complexity index is 646. The van der Waals surface area contributed by atoms with Gasteiger partial charge in [0.25, 0.3) is 0 Å². The molecule has 0 aromatic heterocycles. The number of rotatable bonds is 3. The molecule has 1 unspecified atom stereocenters. The minimum absolute atomic E-state index is 0.109. The van der Waals surface area contributed by atoms with Gasteiger partial charge in [-0.25, -0.2) is 4.39 Å². The number of hydrogen-bond donors (Lipinski definition) is 1. The van der Waals surface area contributed by atoms with Crippen LogP contribution in [0.3, 0.4) is 0 Å². The molecule has 0 aliphatic rings. The molecular formula is C15H13Br2ClFN. The van der Waals surface area contributed by atoms with Crippen LogP contribution >= 0.6 is 43.5 Å². The van der Waals surface area contributed by atoms with Crippen LogP contribution in [0.1, 0.15) is 22.7 Å². The van der Waals surface area contributed by atoms with E-state index < -0.39 is 5.82 Å². The van der Waals surface area contributed by atoms with Crippen LogP contribution in [-0.2, 0) is 0 Å². The van der Waals surface area contributed by atoms with Crippen molar-refractivity contribution in [2.75, 3.05) is 7.05 Å². The second-order valence-electron chi connectivity index (χ2n) is 4.49.